The minimum Gasteiger partial charge on any atom is -0.368 e. The first-order valence-electron chi connectivity index (χ1n) is 9.79. The predicted molar refractivity (Wildman–Crippen MR) is 112 cm³/mol. The number of nitrogens with zero attached hydrogens (tertiary/aromatic N) is 6. The Bertz CT molecular complexity index is 1070. The third kappa shape index (κ3) is 4.02. The van der Waals surface area contributed by atoms with Gasteiger partial charge in [0.2, 0.25) is 5.91 Å². The van der Waals surface area contributed by atoms with Crippen molar-refractivity contribution in [3.05, 3.63) is 54.0 Å². The summed E-state index contributed by atoms with van der Waals surface area (Å²) in [5.41, 5.74) is 6.72. The van der Waals surface area contributed by atoms with Crippen molar-refractivity contribution in [2.45, 2.75) is 12.5 Å². The molecule has 158 valence electrons. The SMILES string of the molecule is N#Cc1cccnc1N1CCN(C(=O)C2=NN(c3ccc(F)cc3)C(C(N)=O)C2)CC1. The molecule has 0 bridgehead atoms. The van der Waals surface area contributed by atoms with Gasteiger partial charge in [0.05, 0.1) is 11.3 Å². The molecule has 2 N–H and O–H groups in total. The molecule has 4 rings (SSSR count). The first-order valence-corrected chi connectivity index (χ1v) is 9.79. The Morgan fingerprint density at radius 3 is 2.48 bits per heavy atom. The molecular formula is C21H20FN7O2. The Hall–Kier alpha value is -4.00. The van der Waals surface area contributed by atoms with E-state index in [4.69, 9.17) is 5.73 Å². The van der Waals surface area contributed by atoms with Crippen LogP contribution in [0, 0.1) is 17.1 Å². The lowest BCUT2D eigenvalue weighted by Gasteiger charge is -2.35. The smallest absolute Gasteiger partial charge is 0.270 e. The fraction of sp³-hybridized carbons (Fsp3) is 0.286. The van der Waals surface area contributed by atoms with Gasteiger partial charge >= 0.3 is 0 Å². The standard InChI is InChI=1S/C21H20FN7O2/c22-15-3-5-16(6-4-15)29-18(19(24)30)12-17(26-29)21(31)28-10-8-27(9-11-28)20-14(13-23)2-1-7-25-20/h1-7,18H,8-12H2,(H2,24,30). The van der Waals surface area contributed by atoms with Gasteiger partial charge < -0.3 is 15.5 Å². The summed E-state index contributed by atoms with van der Waals surface area (Å²) < 4.78 is 13.2. The lowest BCUT2D eigenvalue weighted by molar-refractivity contribution is -0.124. The second-order valence-electron chi connectivity index (χ2n) is 7.26. The van der Waals surface area contributed by atoms with Gasteiger partial charge in [-0.05, 0) is 36.4 Å². The van der Waals surface area contributed by atoms with Crippen molar-refractivity contribution in [1.29, 1.82) is 5.26 Å². The third-order valence-electron chi connectivity index (χ3n) is 5.35. The summed E-state index contributed by atoms with van der Waals surface area (Å²) >= 11 is 0. The molecule has 1 aromatic carbocycles. The highest BCUT2D eigenvalue weighted by Crippen LogP contribution is 2.26. The van der Waals surface area contributed by atoms with Crippen molar-refractivity contribution >= 4 is 29.0 Å². The van der Waals surface area contributed by atoms with Crippen molar-refractivity contribution in [3.8, 4) is 6.07 Å². The van der Waals surface area contributed by atoms with Gasteiger partial charge in [-0.3, -0.25) is 14.6 Å². The second kappa shape index (κ2) is 8.39. The molecule has 2 amide bonds. The Labute approximate surface area is 178 Å². The third-order valence-corrected chi connectivity index (χ3v) is 5.35. The van der Waals surface area contributed by atoms with Crippen LogP contribution in [0.4, 0.5) is 15.9 Å². The Kier molecular flexibility index (Phi) is 5.49. The van der Waals surface area contributed by atoms with E-state index in [0.29, 0.717) is 43.2 Å². The van der Waals surface area contributed by atoms with Crippen LogP contribution in [0.3, 0.4) is 0 Å². The van der Waals surface area contributed by atoms with Gasteiger partial charge in [-0.1, -0.05) is 0 Å². The van der Waals surface area contributed by atoms with Gasteiger partial charge in [0, 0.05) is 38.8 Å². The van der Waals surface area contributed by atoms with Crippen LogP contribution in [0.5, 0.6) is 0 Å². The van der Waals surface area contributed by atoms with E-state index < -0.39 is 17.8 Å². The molecule has 1 atom stereocenters. The van der Waals surface area contributed by atoms with Crippen LogP contribution < -0.4 is 15.6 Å². The minimum absolute atomic E-state index is 0.0879. The molecule has 3 heterocycles. The molecule has 1 unspecified atom stereocenters. The van der Waals surface area contributed by atoms with Gasteiger partial charge in [0.25, 0.3) is 5.91 Å². The number of piperazine rings is 1. The van der Waals surface area contributed by atoms with E-state index in [1.165, 1.54) is 29.3 Å². The highest BCUT2D eigenvalue weighted by molar-refractivity contribution is 6.40. The number of rotatable bonds is 4. The van der Waals surface area contributed by atoms with E-state index in [9.17, 15) is 19.2 Å². The van der Waals surface area contributed by atoms with E-state index in [2.05, 4.69) is 16.2 Å². The van der Waals surface area contributed by atoms with Crippen molar-refractivity contribution in [2.75, 3.05) is 36.1 Å². The molecule has 10 heteroatoms. The maximum absolute atomic E-state index is 13.2. The van der Waals surface area contributed by atoms with Gasteiger partial charge in [0.15, 0.2) is 0 Å². The zero-order chi connectivity index (χ0) is 22.0. The highest BCUT2D eigenvalue weighted by Gasteiger charge is 2.37. The van der Waals surface area contributed by atoms with Crippen molar-refractivity contribution < 1.29 is 14.0 Å². The Morgan fingerprint density at radius 2 is 1.84 bits per heavy atom. The Morgan fingerprint density at radius 1 is 1.13 bits per heavy atom. The molecule has 0 aliphatic carbocycles. The van der Waals surface area contributed by atoms with Crippen molar-refractivity contribution in [1.82, 2.24) is 9.88 Å². The zero-order valence-corrected chi connectivity index (χ0v) is 16.6. The number of benzene rings is 1. The molecular weight excluding hydrogens is 401 g/mol. The number of aromatic nitrogens is 1. The molecule has 9 nitrogen and oxygen atoms in total. The maximum Gasteiger partial charge on any atom is 0.270 e. The summed E-state index contributed by atoms with van der Waals surface area (Å²) in [7, 11) is 0. The Balaban J connectivity index is 1.47. The number of carbonyl (C=O) groups excluding carboxylic acids is 2. The molecule has 0 saturated carbocycles. The number of hydrazone groups is 1. The van der Waals surface area contributed by atoms with Crippen LogP contribution in [0.25, 0.3) is 0 Å². The number of nitriles is 1. The average Bonchev–Trinajstić information content (AvgIpc) is 3.25. The summed E-state index contributed by atoms with van der Waals surface area (Å²) in [6.45, 7) is 1.89. The topological polar surface area (TPSA) is 119 Å². The number of anilines is 2. The van der Waals surface area contributed by atoms with Crippen LogP contribution in [0.15, 0.2) is 47.7 Å². The zero-order valence-electron chi connectivity index (χ0n) is 16.6. The molecule has 1 saturated heterocycles. The minimum atomic E-state index is -0.808. The van der Waals surface area contributed by atoms with Crippen LogP contribution in [0.2, 0.25) is 0 Å². The fourth-order valence-electron chi connectivity index (χ4n) is 3.73. The van der Waals surface area contributed by atoms with Crippen LogP contribution in [0.1, 0.15) is 12.0 Å². The summed E-state index contributed by atoms with van der Waals surface area (Å²) in [5.74, 6) is -0.687. The van der Waals surface area contributed by atoms with E-state index in [1.807, 2.05) is 4.90 Å². The van der Waals surface area contributed by atoms with Gasteiger partial charge in [-0.2, -0.15) is 10.4 Å². The van der Waals surface area contributed by atoms with Gasteiger partial charge in [-0.25, -0.2) is 9.37 Å². The van der Waals surface area contributed by atoms with E-state index in [1.54, 1.807) is 23.2 Å². The largest absolute Gasteiger partial charge is 0.368 e. The summed E-state index contributed by atoms with van der Waals surface area (Å²) in [6.07, 6.45) is 1.72. The number of pyridine rings is 1. The average molecular weight is 421 g/mol. The van der Waals surface area contributed by atoms with Gasteiger partial charge in [0.1, 0.15) is 29.5 Å². The summed E-state index contributed by atoms with van der Waals surface area (Å²) in [6, 6.07) is 10.2. The van der Waals surface area contributed by atoms with Crippen molar-refractivity contribution in [3.63, 3.8) is 0 Å². The maximum atomic E-state index is 13.2. The fourth-order valence-corrected chi connectivity index (χ4v) is 3.73. The van der Waals surface area contributed by atoms with E-state index in [-0.39, 0.29) is 18.0 Å². The molecule has 2 aromatic rings. The monoisotopic (exact) mass is 421 g/mol. The second-order valence-corrected chi connectivity index (χ2v) is 7.26. The van der Waals surface area contributed by atoms with Crippen molar-refractivity contribution in [2.24, 2.45) is 10.8 Å². The van der Waals surface area contributed by atoms with Gasteiger partial charge in [-0.15, -0.1) is 0 Å². The molecule has 2 aliphatic heterocycles. The number of amides is 2. The summed E-state index contributed by atoms with van der Waals surface area (Å²) in [4.78, 5) is 32.9. The molecule has 0 radical (unpaired) electrons. The first kappa shape index (κ1) is 20.3. The predicted octanol–water partition coefficient (Wildman–Crippen LogP) is 0.861. The van der Waals surface area contributed by atoms with E-state index >= 15 is 0 Å². The lowest BCUT2D eigenvalue weighted by atomic mass is 10.1. The van der Waals surface area contributed by atoms with Crippen LogP contribution in [-0.2, 0) is 9.59 Å². The number of hydrogen-bond acceptors (Lipinski definition) is 7. The molecule has 1 aromatic heterocycles. The quantitative estimate of drug-likeness (QED) is 0.782. The molecule has 31 heavy (non-hydrogen) atoms. The molecule has 1 fully saturated rings. The molecule has 0 spiro atoms. The number of carbonyl (C=O) groups is 2. The number of hydrogen-bond donors (Lipinski definition) is 1. The first-order chi connectivity index (χ1) is 15.0. The van der Waals surface area contributed by atoms with Crippen LogP contribution >= 0.6 is 0 Å². The normalized spacial score (nSPS) is 18.5. The molecule has 2 aliphatic rings. The van der Waals surface area contributed by atoms with E-state index in [0.717, 1.165) is 0 Å². The summed E-state index contributed by atoms with van der Waals surface area (Å²) in [5, 5.41) is 15.0. The highest BCUT2D eigenvalue weighted by atomic mass is 19.1. The number of nitrogens with two attached hydrogens (primary N) is 1. The van der Waals surface area contributed by atoms with Crippen LogP contribution in [-0.4, -0.2) is 59.6 Å². The lowest BCUT2D eigenvalue weighted by Crippen LogP contribution is -2.51. The number of primary amides is 1. The number of halogens is 1.